The molecule has 0 spiro atoms. The highest BCUT2D eigenvalue weighted by atomic mass is 32.2. The van der Waals surface area contributed by atoms with Gasteiger partial charge in [0.05, 0.1) is 12.0 Å². The van der Waals surface area contributed by atoms with Crippen molar-refractivity contribution >= 4 is 10.0 Å². The Morgan fingerprint density at radius 1 is 1.44 bits per heavy atom. The van der Waals surface area contributed by atoms with Gasteiger partial charge in [0, 0.05) is 25.2 Å². The molecule has 16 heavy (non-hydrogen) atoms. The summed E-state index contributed by atoms with van der Waals surface area (Å²) in [5.74, 6) is 0.533. The van der Waals surface area contributed by atoms with E-state index in [1.807, 2.05) is 0 Å². The maximum Gasteiger partial charge on any atom is 0.243 e. The first-order valence-electron chi connectivity index (χ1n) is 4.94. The molecule has 88 valence electrons. The molecule has 0 aliphatic carbocycles. The fourth-order valence-electron chi connectivity index (χ4n) is 1.58. The van der Waals surface area contributed by atoms with E-state index in [-0.39, 0.29) is 10.9 Å². The monoisotopic (exact) mass is 242 g/mol. The highest BCUT2D eigenvalue weighted by Gasteiger charge is 2.34. The summed E-state index contributed by atoms with van der Waals surface area (Å²) in [5.41, 5.74) is 5.57. The average Bonchev–Trinajstić information content (AvgIpc) is 2.25. The van der Waals surface area contributed by atoms with Crippen LogP contribution < -0.4 is 10.5 Å². The summed E-state index contributed by atoms with van der Waals surface area (Å²) in [4.78, 5) is 0.249. The molecule has 1 aliphatic heterocycles. The van der Waals surface area contributed by atoms with E-state index in [2.05, 4.69) is 0 Å². The average molecular weight is 242 g/mol. The van der Waals surface area contributed by atoms with Gasteiger partial charge < -0.3 is 10.5 Å². The molecule has 0 bridgehead atoms. The van der Waals surface area contributed by atoms with Crippen LogP contribution in [0.1, 0.15) is 0 Å². The molecule has 0 saturated carbocycles. The van der Waals surface area contributed by atoms with Gasteiger partial charge in [-0.2, -0.15) is 4.31 Å². The molecule has 0 atom stereocenters. The molecule has 1 saturated heterocycles. The van der Waals surface area contributed by atoms with Crippen LogP contribution in [0.15, 0.2) is 29.2 Å². The van der Waals surface area contributed by atoms with Crippen LogP contribution in [0.3, 0.4) is 0 Å². The first-order chi connectivity index (χ1) is 7.54. The molecule has 1 fully saturated rings. The van der Waals surface area contributed by atoms with Crippen LogP contribution in [-0.2, 0) is 10.0 Å². The van der Waals surface area contributed by atoms with Crippen molar-refractivity contribution in [1.82, 2.24) is 4.31 Å². The Balaban J connectivity index is 2.29. The normalized spacial score (nSPS) is 18.1. The van der Waals surface area contributed by atoms with Crippen molar-refractivity contribution < 1.29 is 13.2 Å². The lowest BCUT2D eigenvalue weighted by Gasteiger charge is -2.35. The molecule has 5 nitrogen and oxygen atoms in total. The van der Waals surface area contributed by atoms with Crippen molar-refractivity contribution in [3.8, 4) is 5.75 Å². The summed E-state index contributed by atoms with van der Waals surface area (Å²) in [6, 6.07) is 6.40. The van der Waals surface area contributed by atoms with Crippen molar-refractivity contribution in [1.29, 1.82) is 0 Å². The fourth-order valence-corrected chi connectivity index (χ4v) is 3.17. The van der Waals surface area contributed by atoms with E-state index < -0.39 is 10.0 Å². The second kappa shape index (κ2) is 4.04. The van der Waals surface area contributed by atoms with Crippen LogP contribution in [0.25, 0.3) is 0 Å². The van der Waals surface area contributed by atoms with Crippen LogP contribution in [0.5, 0.6) is 5.75 Å². The molecule has 1 aromatic carbocycles. The molecule has 2 rings (SSSR count). The molecule has 2 N–H and O–H groups in total. The predicted molar refractivity (Wildman–Crippen MR) is 59.7 cm³/mol. The van der Waals surface area contributed by atoms with Gasteiger partial charge in [-0.3, -0.25) is 0 Å². The minimum absolute atomic E-state index is 0.0413. The maximum absolute atomic E-state index is 12.0. The van der Waals surface area contributed by atoms with E-state index in [0.717, 1.165) is 0 Å². The van der Waals surface area contributed by atoms with Gasteiger partial charge in [0.25, 0.3) is 0 Å². The zero-order valence-electron chi connectivity index (χ0n) is 8.96. The van der Waals surface area contributed by atoms with Crippen LogP contribution >= 0.6 is 0 Å². The van der Waals surface area contributed by atoms with E-state index in [0.29, 0.717) is 18.8 Å². The standard InChI is InChI=1S/C10H14N2O3S/c1-15-9-3-2-4-10(5-9)16(13,14)12-6-8(11)7-12/h2-5,8H,6-7,11H2,1H3. The molecular weight excluding hydrogens is 228 g/mol. The van der Waals surface area contributed by atoms with Gasteiger partial charge in [0.2, 0.25) is 10.0 Å². The van der Waals surface area contributed by atoms with Crippen molar-refractivity contribution in [2.45, 2.75) is 10.9 Å². The number of nitrogens with two attached hydrogens (primary N) is 1. The number of hydrogen-bond acceptors (Lipinski definition) is 4. The Kier molecular flexibility index (Phi) is 2.88. The zero-order chi connectivity index (χ0) is 11.8. The first kappa shape index (κ1) is 11.4. The number of nitrogens with zero attached hydrogens (tertiary/aromatic N) is 1. The minimum Gasteiger partial charge on any atom is -0.497 e. The molecule has 0 amide bonds. The SMILES string of the molecule is COc1cccc(S(=O)(=O)N2CC(N)C2)c1. The van der Waals surface area contributed by atoms with Crippen molar-refractivity contribution in [3.05, 3.63) is 24.3 Å². The smallest absolute Gasteiger partial charge is 0.243 e. The van der Waals surface area contributed by atoms with Gasteiger partial charge in [-0.25, -0.2) is 8.42 Å². The Bertz CT molecular complexity index is 481. The molecular formula is C10H14N2O3S. The van der Waals surface area contributed by atoms with Crippen LogP contribution in [-0.4, -0.2) is 39.0 Å². The van der Waals surface area contributed by atoms with Gasteiger partial charge in [-0.15, -0.1) is 0 Å². The Morgan fingerprint density at radius 3 is 2.69 bits per heavy atom. The van der Waals surface area contributed by atoms with E-state index >= 15 is 0 Å². The molecule has 1 heterocycles. The van der Waals surface area contributed by atoms with Crippen molar-refractivity contribution in [2.75, 3.05) is 20.2 Å². The molecule has 0 radical (unpaired) electrons. The lowest BCUT2D eigenvalue weighted by molar-refractivity contribution is 0.265. The van der Waals surface area contributed by atoms with Crippen LogP contribution in [0.4, 0.5) is 0 Å². The lowest BCUT2D eigenvalue weighted by atomic mass is 10.2. The van der Waals surface area contributed by atoms with Gasteiger partial charge in [0.1, 0.15) is 5.75 Å². The van der Waals surface area contributed by atoms with E-state index in [4.69, 9.17) is 10.5 Å². The highest BCUT2D eigenvalue weighted by Crippen LogP contribution is 2.23. The Hall–Kier alpha value is -1.11. The summed E-state index contributed by atoms with van der Waals surface area (Å²) in [5, 5.41) is 0. The molecule has 6 heteroatoms. The second-order valence-corrected chi connectivity index (χ2v) is 5.70. The first-order valence-corrected chi connectivity index (χ1v) is 6.38. The number of benzene rings is 1. The molecule has 1 aliphatic rings. The van der Waals surface area contributed by atoms with Crippen LogP contribution in [0, 0.1) is 0 Å². The van der Waals surface area contributed by atoms with Gasteiger partial charge in [0.15, 0.2) is 0 Å². The van der Waals surface area contributed by atoms with Gasteiger partial charge in [-0.05, 0) is 12.1 Å². The number of ether oxygens (including phenoxy) is 1. The molecule has 0 aromatic heterocycles. The quantitative estimate of drug-likeness (QED) is 0.811. The number of methoxy groups -OCH3 is 1. The number of hydrogen-bond donors (Lipinski definition) is 1. The third-order valence-corrected chi connectivity index (χ3v) is 4.38. The summed E-state index contributed by atoms with van der Waals surface area (Å²) >= 11 is 0. The van der Waals surface area contributed by atoms with Gasteiger partial charge >= 0.3 is 0 Å². The third-order valence-electron chi connectivity index (χ3n) is 2.56. The topological polar surface area (TPSA) is 72.6 Å². The highest BCUT2D eigenvalue weighted by molar-refractivity contribution is 7.89. The Labute approximate surface area is 94.9 Å². The summed E-state index contributed by atoms with van der Waals surface area (Å²) in [6.07, 6.45) is 0. The predicted octanol–water partition coefficient (Wildman–Crippen LogP) is 0.0268. The largest absolute Gasteiger partial charge is 0.497 e. The van der Waals surface area contributed by atoms with E-state index in [1.165, 1.54) is 17.5 Å². The maximum atomic E-state index is 12.0. The number of rotatable bonds is 3. The van der Waals surface area contributed by atoms with Crippen molar-refractivity contribution in [2.24, 2.45) is 5.73 Å². The second-order valence-electron chi connectivity index (χ2n) is 3.76. The molecule has 1 aromatic rings. The third kappa shape index (κ3) is 1.91. The number of sulfonamides is 1. The van der Waals surface area contributed by atoms with Crippen molar-refractivity contribution in [3.63, 3.8) is 0 Å². The summed E-state index contributed by atoms with van der Waals surface area (Å²) in [6.45, 7) is 0.777. The molecule has 0 unspecified atom stereocenters. The summed E-state index contributed by atoms with van der Waals surface area (Å²) in [7, 11) is -1.89. The zero-order valence-corrected chi connectivity index (χ0v) is 9.78. The van der Waals surface area contributed by atoms with E-state index in [9.17, 15) is 8.42 Å². The van der Waals surface area contributed by atoms with Crippen LogP contribution in [0.2, 0.25) is 0 Å². The fraction of sp³-hybridized carbons (Fsp3) is 0.400. The van der Waals surface area contributed by atoms with Gasteiger partial charge in [-0.1, -0.05) is 6.07 Å². The lowest BCUT2D eigenvalue weighted by Crippen LogP contribution is -2.57. The Morgan fingerprint density at radius 2 is 2.12 bits per heavy atom. The minimum atomic E-state index is -3.39. The van der Waals surface area contributed by atoms with E-state index in [1.54, 1.807) is 18.2 Å². The summed E-state index contributed by atoms with van der Waals surface area (Å²) < 4.78 is 30.4.